The first-order valence-electron chi connectivity index (χ1n) is 5.83. The second-order valence-corrected chi connectivity index (χ2v) is 5.43. The number of anilines is 1. The lowest BCUT2D eigenvalue weighted by Gasteiger charge is -2.20. The van der Waals surface area contributed by atoms with E-state index in [-0.39, 0.29) is 6.54 Å². The van der Waals surface area contributed by atoms with Gasteiger partial charge in [-0.3, -0.25) is 4.79 Å². The van der Waals surface area contributed by atoms with Crippen molar-refractivity contribution in [1.29, 1.82) is 0 Å². The Morgan fingerprint density at radius 1 is 1.53 bits per heavy atom. The Labute approximate surface area is 115 Å². The lowest BCUT2D eigenvalue weighted by Crippen LogP contribution is -2.30. The van der Waals surface area contributed by atoms with E-state index < -0.39 is 5.97 Å². The third-order valence-corrected chi connectivity index (χ3v) is 4.04. The molecule has 0 unspecified atom stereocenters. The predicted molar refractivity (Wildman–Crippen MR) is 76.9 cm³/mol. The zero-order valence-electron chi connectivity index (χ0n) is 10.9. The molecule has 2 aromatic rings. The van der Waals surface area contributed by atoms with Gasteiger partial charge in [-0.2, -0.15) is 0 Å². The molecule has 0 amide bonds. The van der Waals surface area contributed by atoms with Crippen LogP contribution in [0.3, 0.4) is 0 Å². The molecule has 0 radical (unpaired) electrons. The van der Waals surface area contributed by atoms with Crippen molar-refractivity contribution in [2.75, 3.05) is 18.0 Å². The molecule has 5 nitrogen and oxygen atoms in total. The zero-order chi connectivity index (χ0) is 14.0. The summed E-state index contributed by atoms with van der Waals surface area (Å²) in [5.41, 5.74) is 1.11. The van der Waals surface area contributed by atoms with E-state index in [0.29, 0.717) is 12.4 Å². The molecule has 6 heteroatoms. The largest absolute Gasteiger partial charge is 0.480 e. The normalized spacial score (nSPS) is 10.6. The molecule has 0 aliphatic rings. The molecule has 2 aromatic heterocycles. The lowest BCUT2D eigenvalue weighted by molar-refractivity contribution is -0.135. The fourth-order valence-electron chi connectivity index (χ4n) is 1.95. The summed E-state index contributed by atoms with van der Waals surface area (Å²) in [7, 11) is 0. The molecule has 2 heterocycles. The number of carboxylic acids is 1. The first-order valence-corrected chi connectivity index (χ1v) is 6.64. The van der Waals surface area contributed by atoms with E-state index in [1.54, 1.807) is 22.3 Å². The van der Waals surface area contributed by atoms with Gasteiger partial charge in [-0.1, -0.05) is 6.08 Å². The van der Waals surface area contributed by atoms with E-state index in [0.717, 1.165) is 15.8 Å². The molecule has 0 atom stereocenters. The number of thiophene rings is 1. The van der Waals surface area contributed by atoms with Crippen LogP contribution in [0.15, 0.2) is 19.0 Å². The van der Waals surface area contributed by atoms with Crippen molar-refractivity contribution in [3.63, 3.8) is 0 Å². The van der Waals surface area contributed by atoms with Crippen molar-refractivity contribution in [2.24, 2.45) is 0 Å². The Hall–Kier alpha value is -1.95. The van der Waals surface area contributed by atoms with Crippen molar-refractivity contribution in [3.8, 4) is 0 Å². The fraction of sp³-hybridized carbons (Fsp3) is 0.308. The maximum atomic E-state index is 11.0. The quantitative estimate of drug-likeness (QED) is 0.850. The Kier molecular flexibility index (Phi) is 3.80. The fourth-order valence-corrected chi connectivity index (χ4v) is 2.94. The second kappa shape index (κ2) is 5.36. The van der Waals surface area contributed by atoms with E-state index in [9.17, 15) is 4.79 Å². The second-order valence-electron chi connectivity index (χ2n) is 4.22. The third-order valence-electron chi connectivity index (χ3n) is 2.92. The molecular weight excluding hydrogens is 262 g/mol. The smallest absolute Gasteiger partial charge is 0.323 e. The minimum atomic E-state index is -0.891. The summed E-state index contributed by atoms with van der Waals surface area (Å²) in [6.07, 6.45) is 3.15. The van der Waals surface area contributed by atoms with Gasteiger partial charge in [0.05, 0.1) is 5.39 Å². The summed E-state index contributed by atoms with van der Waals surface area (Å²) in [6.45, 7) is 8.03. The van der Waals surface area contributed by atoms with Gasteiger partial charge in [0.2, 0.25) is 0 Å². The summed E-state index contributed by atoms with van der Waals surface area (Å²) in [5.74, 6) is -0.229. The number of aryl methyl sites for hydroxylation is 2. The summed E-state index contributed by atoms with van der Waals surface area (Å²) < 4.78 is 0. The van der Waals surface area contributed by atoms with Crippen LogP contribution in [0.1, 0.15) is 10.4 Å². The molecule has 2 rings (SSSR count). The monoisotopic (exact) mass is 277 g/mol. The molecular formula is C13H15N3O2S. The molecule has 0 bridgehead atoms. The Morgan fingerprint density at radius 2 is 2.26 bits per heavy atom. The SMILES string of the molecule is C=CCN(CC(=O)O)c1ncnc2sc(C)c(C)c12. The highest BCUT2D eigenvalue weighted by Crippen LogP contribution is 2.34. The van der Waals surface area contributed by atoms with Crippen LogP contribution in [0.4, 0.5) is 5.82 Å². The van der Waals surface area contributed by atoms with E-state index >= 15 is 0 Å². The standard InChI is InChI=1S/C13H15N3O2S/c1-4-5-16(6-10(17)18)12-11-8(2)9(3)19-13(11)15-7-14-12/h4,7H,1,5-6H2,2-3H3,(H,17,18). The van der Waals surface area contributed by atoms with Crippen LogP contribution < -0.4 is 4.90 Å². The van der Waals surface area contributed by atoms with Gasteiger partial charge in [0, 0.05) is 11.4 Å². The summed E-state index contributed by atoms with van der Waals surface area (Å²) in [6, 6.07) is 0. The number of rotatable bonds is 5. The number of nitrogens with zero attached hydrogens (tertiary/aromatic N) is 3. The number of aliphatic carboxylic acids is 1. The van der Waals surface area contributed by atoms with Crippen molar-refractivity contribution in [3.05, 3.63) is 29.4 Å². The average molecular weight is 277 g/mol. The molecule has 0 saturated carbocycles. The van der Waals surface area contributed by atoms with Gasteiger partial charge in [0.25, 0.3) is 0 Å². The molecule has 0 fully saturated rings. The highest BCUT2D eigenvalue weighted by atomic mass is 32.1. The minimum absolute atomic E-state index is 0.105. The molecule has 0 saturated heterocycles. The van der Waals surface area contributed by atoms with Crippen LogP contribution in [-0.2, 0) is 4.79 Å². The van der Waals surface area contributed by atoms with Crippen molar-refractivity contribution in [2.45, 2.75) is 13.8 Å². The first kappa shape index (κ1) is 13.5. The predicted octanol–water partition coefficient (Wildman–Crippen LogP) is 2.39. The minimum Gasteiger partial charge on any atom is -0.480 e. The van der Waals surface area contributed by atoms with E-state index in [4.69, 9.17) is 5.11 Å². The van der Waals surface area contributed by atoms with Gasteiger partial charge >= 0.3 is 5.97 Å². The van der Waals surface area contributed by atoms with Gasteiger partial charge in [-0.25, -0.2) is 9.97 Å². The van der Waals surface area contributed by atoms with Crippen LogP contribution in [0.5, 0.6) is 0 Å². The molecule has 1 N–H and O–H groups in total. The number of aromatic nitrogens is 2. The number of hydrogen-bond donors (Lipinski definition) is 1. The first-order chi connectivity index (χ1) is 9.04. The number of fused-ring (bicyclic) bond motifs is 1. The lowest BCUT2D eigenvalue weighted by atomic mass is 10.2. The number of hydrogen-bond acceptors (Lipinski definition) is 5. The van der Waals surface area contributed by atoms with E-state index in [1.807, 2.05) is 13.8 Å². The molecule has 0 spiro atoms. The van der Waals surface area contributed by atoms with Gasteiger partial charge in [0.1, 0.15) is 23.5 Å². The molecule has 0 aliphatic carbocycles. The molecule has 19 heavy (non-hydrogen) atoms. The highest BCUT2D eigenvalue weighted by Gasteiger charge is 2.18. The molecule has 0 aromatic carbocycles. The van der Waals surface area contributed by atoms with Gasteiger partial charge in [-0.05, 0) is 19.4 Å². The average Bonchev–Trinajstić information content (AvgIpc) is 2.64. The molecule has 0 aliphatic heterocycles. The van der Waals surface area contributed by atoms with Crippen LogP contribution in [0, 0.1) is 13.8 Å². The summed E-state index contributed by atoms with van der Waals surface area (Å²) in [4.78, 5) is 23.2. The van der Waals surface area contributed by atoms with E-state index in [1.165, 1.54) is 11.2 Å². The van der Waals surface area contributed by atoms with Crippen molar-refractivity contribution < 1.29 is 9.90 Å². The van der Waals surface area contributed by atoms with Crippen LogP contribution >= 0.6 is 11.3 Å². The van der Waals surface area contributed by atoms with Crippen molar-refractivity contribution in [1.82, 2.24) is 9.97 Å². The topological polar surface area (TPSA) is 66.3 Å². The maximum absolute atomic E-state index is 11.0. The van der Waals surface area contributed by atoms with Crippen LogP contribution in [-0.4, -0.2) is 34.1 Å². The number of carbonyl (C=O) groups is 1. The summed E-state index contributed by atoms with van der Waals surface area (Å²) >= 11 is 1.60. The Morgan fingerprint density at radius 3 is 2.89 bits per heavy atom. The van der Waals surface area contributed by atoms with Gasteiger partial charge < -0.3 is 10.0 Å². The third kappa shape index (κ3) is 2.58. The summed E-state index contributed by atoms with van der Waals surface area (Å²) in [5, 5.41) is 9.94. The maximum Gasteiger partial charge on any atom is 0.323 e. The number of carboxylic acid groups (broad SMARTS) is 1. The van der Waals surface area contributed by atoms with Gasteiger partial charge in [-0.15, -0.1) is 17.9 Å². The Bertz CT molecular complexity index is 636. The van der Waals surface area contributed by atoms with E-state index in [2.05, 4.69) is 16.5 Å². The van der Waals surface area contributed by atoms with Crippen LogP contribution in [0.25, 0.3) is 10.2 Å². The Balaban J connectivity index is 2.58. The van der Waals surface area contributed by atoms with Crippen LogP contribution in [0.2, 0.25) is 0 Å². The van der Waals surface area contributed by atoms with Gasteiger partial charge in [0.15, 0.2) is 0 Å². The van der Waals surface area contributed by atoms with Crippen molar-refractivity contribution >= 4 is 33.3 Å². The highest BCUT2D eigenvalue weighted by molar-refractivity contribution is 7.18. The zero-order valence-corrected chi connectivity index (χ0v) is 11.7. The molecule has 100 valence electrons.